The summed E-state index contributed by atoms with van der Waals surface area (Å²) in [6.45, 7) is 0. The molecule has 0 saturated heterocycles. The van der Waals surface area contributed by atoms with E-state index in [0.717, 1.165) is 12.1 Å². The van der Waals surface area contributed by atoms with Gasteiger partial charge in [-0.15, -0.1) is 0 Å². The molecule has 0 aliphatic carbocycles. The van der Waals surface area contributed by atoms with Gasteiger partial charge in [0.25, 0.3) is 0 Å². The van der Waals surface area contributed by atoms with Crippen LogP contribution >= 0.6 is 0 Å². The van der Waals surface area contributed by atoms with Crippen molar-refractivity contribution in [2.45, 2.75) is 0 Å². The Bertz CT molecular complexity index is 337. The van der Waals surface area contributed by atoms with Gasteiger partial charge in [-0.1, -0.05) is 12.1 Å². The highest BCUT2D eigenvalue weighted by Crippen LogP contribution is 2.05. The highest BCUT2D eigenvalue weighted by atomic mass is 32.2. The molecule has 1 aromatic rings. The van der Waals surface area contributed by atoms with Crippen LogP contribution in [0.25, 0.3) is 0 Å². The quantitative estimate of drug-likeness (QED) is 0.612. The molecule has 0 aliphatic rings. The Kier molecular flexibility index (Phi) is 2.67. The average Bonchev–Trinajstić information content (AvgIpc) is 2.03. The highest BCUT2D eigenvalue weighted by molar-refractivity contribution is 7.95. The smallest absolute Gasteiger partial charge is 0.236 e. The van der Waals surface area contributed by atoms with Gasteiger partial charge in [-0.2, -0.15) is 0 Å². The predicted molar refractivity (Wildman–Crippen MR) is 39.7 cm³/mol. The number of hydrogen-bond acceptors (Lipinski definition) is 3. The van der Waals surface area contributed by atoms with Gasteiger partial charge in [0.05, 0.1) is 0 Å². The van der Waals surface area contributed by atoms with Crippen LogP contribution < -0.4 is 0 Å². The molecule has 1 rings (SSSR count). The van der Waals surface area contributed by atoms with Crippen LogP contribution in [0.3, 0.4) is 0 Å². The number of carbonyl (C=O) groups excluding carboxylic acids is 1. The monoisotopic (exact) mass is 187 g/mol. The maximum Gasteiger partial charge on any atom is 0.236 e. The second-order valence-electron chi connectivity index (χ2n) is 2.03. The summed E-state index contributed by atoms with van der Waals surface area (Å²) in [5, 5.41) is -1.10. The first-order valence-electron chi connectivity index (χ1n) is 3.00. The van der Waals surface area contributed by atoms with Crippen molar-refractivity contribution in [3.05, 3.63) is 35.6 Å². The van der Waals surface area contributed by atoms with E-state index in [2.05, 4.69) is 0 Å². The zero-order valence-electron chi connectivity index (χ0n) is 5.82. The SMILES string of the molecule is O=C(c1cccc(F)c1)S(=O)[O-]. The fraction of sp³-hybridized carbons (Fsp3) is 0. The van der Waals surface area contributed by atoms with Crippen molar-refractivity contribution in [2.75, 3.05) is 0 Å². The number of halogens is 1. The molecule has 0 saturated carbocycles. The highest BCUT2D eigenvalue weighted by Gasteiger charge is 2.05. The van der Waals surface area contributed by atoms with Crippen molar-refractivity contribution in [3.63, 3.8) is 0 Å². The van der Waals surface area contributed by atoms with E-state index in [1.165, 1.54) is 12.1 Å². The van der Waals surface area contributed by atoms with E-state index in [1.807, 2.05) is 0 Å². The van der Waals surface area contributed by atoms with Gasteiger partial charge in [0.1, 0.15) is 5.82 Å². The van der Waals surface area contributed by atoms with Crippen molar-refractivity contribution in [3.8, 4) is 0 Å². The van der Waals surface area contributed by atoms with Crippen LogP contribution in [0, 0.1) is 5.82 Å². The van der Waals surface area contributed by atoms with Crippen molar-refractivity contribution < 1.29 is 17.9 Å². The predicted octanol–water partition coefficient (Wildman–Crippen LogP) is 0.845. The summed E-state index contributed by atoms with van der Waals surface area (Å²) in [6.07, 6.45) is 0. The molecule has 1 aromatic carbocycles. The van der Waals surface area contributed by atoms with E-state index >= 15 is 0 Å². The number of rotatable bonds is 1. The van der Waals surface area contributed by atoms with E-state index in [4.69, 9.17) is 0 Å². The topological polar surface area (TPSA) is 57.2 Å². The van der Waals surface area contributed by atoms with Crippen LogP contribution in [0.2, 0.25) is 0 Å². The summed E-state index contributed by atoms with van der Waals surface area (Å²) in [6, 6.07) is 4.51. The van der Waals surface area contributed by atoms with Gasteiger partial charge in [0.15, 0.2) is 0 Å². The molecule has 0 heterocycles. The third-order valence-electron chi connectivity index (χ3n) is 1.21. The molecule has 5 heteroatoms. The fourth-order valence-electron chi connectivity index (χ4n) is 0.712. The summed E-state index contributed by atoms with van der Waals surface area (Å²) in [5.41, 5.74) is -0.164. The van der Waals surface area contributed by atoms with Crippen molar-refractivity contribution in [1.82, 2.24) is 0 Å². The van der Waals surface area contributed by atoms with Gasteiger partial charge >= 0.3 is 0 Å². The summed E-state index contributed by atoms with van der Waals surface area (Å²) in [7, 11) is 0. The van der Waals surface area contributed by atoms with Crippen LogP contribution in [-0.2, 0) is 11.1 Å². The van der Waals surface area contributed by atoms with Gasteiger partial charge in [-0.3, -0.25) is 9.00 Å². The van der Waals surface area contributed by atoms with Crippen LogP contribution in [-0.4, -0.2) is 13.9 Å². The Morgan fingerprint density at radius 2 is 2.17 bits per heavy atom. The lowest BCUT2D eigenvalue weighted by atomic mass is 10.2. The van der Waals surface area contributed by atoms with E-state index < -0.39 is 22.0 Å². The van der Waals surface area contributed by atoms with Gasteiger partial charge in [0, 0.05) is 16.6 Å². The summed E-state index contributed by atoms with van der Waals surface area (Å²) in [5.74, 6) is -0.633. The van der Waals surface area contributed by atoms with E-state index in [1.54, 1.807) is 0 Å². The molecule has 3 nitrogen and oxygen atoms in total. The molecule has 0 spiro atoms. The molecule has 0 radical (unpaired) electrons. The summed E-state index contributed by atoms with van der Waals surface area (Å²) >= 11 is -2.83. The van der Waals surface area contributed by atoms with Crippen molar-refractivity contribution in [1.29, 1.82) is 0 Å². The van der Waals surface area contributed by atoms with E-state index in [-0.39, 0.29) is 5.56 Å². The molecule has 0 aromatic heterocycles. The molecule has 0 N–H and O–H groups in total. The normalized spacial score (nSPS) is 12.5. The molecule has 0 fully saturated rings. The molecule has 0 amide bonds. The third-order valence-corrected chi connectivity index (χ3v) is 1.75. The van der Waals surface area contributed by atoms with Gasteiger partial charge in [-0.05, 0) is 12.1 Å². The molecule has 1 unspecified atom stereocenters. The van der Waals surface area contributed by atoms with Crippen molar-refractivity contribution >= 4 is 16.2 Å². The maximum atomic E-state index is 12.4. The molecular weight excluding hydrogens is 183 g/mol. The van der Waals surface area contributed by atoms with E-state index in [0.29, 0.717) is 0 Å². The largest absolute Gasteiger partial charge is 0.766 e. The molecule has 64 valence electrons. The molecule has 12 heavy (non-hydrogen) atoms. The minimum absolute atomic E-state index is 0.164. The number of hydrogen-bond donors (Lipinski definition) is 0. The lowest BCUT2D eigenvalue weighted by Gasteiger charge is -2.02. The standard InChI is InChI=1S/C7H5FO3S/c8-6-3-1-2-5(4-6)7(9)12(10)11/h1-4H,(H,10,11)/p-1. The first-order chi connectivity index (χ1) is 5.61. The minimum Gasteiger partial charge on any atom is -0.766 e. The third kappa shape index (κ3) is 1.96. The number of benzene rings is 1. The summed E-state index contributed by atoms with van der Waals surface area (Å²) in [4.78, 5) is 10.7. The first-order valence-corrected chi connectivity index (χ1v) is 4.08. The summed E-state index contributed by atoms with van der Waals surface area (Å²) < 4.78 is 32.7. The molecule has 0 bridgehead atoms. The maximum absolute atomic E-state index is 12.4. The Hall–Kier alpha value is -1.07. The van der Waals surface area contributed by atoms with Gasteiger partial charge in [0.2, 0.25) is 5.12 Å². The Labute approximate surface area is 70.5 Å². The fourth-order valence-corrected chi connectivity index (χ4v) is 1.03. The van der Waals surface area contributed by atoms with Crippen LogP contribution in [0.5, 0.6) is 0 Å². The lowest BCUT2D eigenvalue weighted by molar-refractivity contribution is 0.107. The average molecular weight is 187 g/mol. The first kappa shape index (κ1) is 9.02. The number of carbonyl (C=O) groups is 1. The van der Waals surface area contributed by atoms with Crippen molar-refractivity contribution in [2.24, 2.45) is 0 Å². The molecule has 0 aliphatic heterocycles. The second-order valence-corrected chi connectivity index (χ2v) is 2.87. The van der Waals surface area contributed by atoms with Crippen LogP contribution in [0.15, 0.2) is 24.3 Å². The zero-order chi connectivity index (χ0) is 9.14. The van der Waals surface area contributed by atoms with Crippen LogP contribution in [0.1, 0.15) is 10.4 Å². The van der Waals surface area contributed by atoms with Crippen LogP contribution in [0.4, 0.5) is 4.39 Å². The Morgan fingerprint density at radius 3 is 2.67 bits per heavy atom. The van der Waals surface area contributed by atoms with Gasteiger partial charge < -0.3 is 4.55 Å². The van der Waals surface area contributed by atoms with E-state index in [9.17, 15) is 17.9 Å². The lowest BCUT2D eigenvalue weighted by Crippen LogP contribution is -2.06. The Balaban J connectivity index is 3.04. The molecule has 1 atom stereocenters. The van der Waals surface area contributed by atoms with Gasteiger partial charge in [-0.25, -0.2) is 4.39 Å². The zero-order valence-corrected chi connectivity index (χ0v) is 6.64. The Morgan fingerprint density at radius 1 is 1.50 bits per heavy atom. The second kappa shape index (κ2) is 3.55. The molecular formula is C7H4FO3S-. The minimum atomic E-state index is -2.83.